The van der Waals surface area contributed by atoms with Gasteiger partial charge in [0, 0.05) is 19.1 Å². The van der Waals surface area contributed by atoms with Crippen LogP contribution in [0.25, 0.3) is 0 Å². The molecular weight excluding hydrogens is 208 g/mol. The third-order valence-corrected chi connectivity index (χ3v) is 4.58. The average Bonchev–Trinajstić information content (AvgIpc) is 2.40. The zero-order valence-corrected chi connectivity index (χ0v) is 11.6. The molecule has 1 aliphatic heterocycles. The molecule has 0 spiro atoms. The molecule has 1 aliphatic carbocycles. The molecule has 2 nitrogen and oxygen atoms in total. The zero-order valence-electron chi connectivity index (χ0n) is 11.6. The Kier molecular flexibility index (Phi) is 5.79. The van der Waals surface area contributed by atoms with Crippen LogP contribution in [0.2, 0.25) is 0 Å². The maximum atomic E-state index is 3.68. The van der Waals surface area contributed by atoms with E-state index in [0.29, 0.717) is 0 Å². The van der Waals surface area contributed by atoms with Gasteiger partial charge in [0.1, 0.15) is 0 Å². The molecule has 1 unspecified atom stereocenters. The fourth-order valence-electron chi connectivity index (χ4n) is 3.46. The first-order valence-corrected chi connectivity index (χ1v) is 7.84. The van der Waals surface area contributed by atoms with Gasteiger partial charge in [-0.1, -0.05) is 32.6 Å². The van der Waals surface area contributed by atoms with Crippen LogP contribution in [0.15, 0.2) is 0 Å². The van der Waals surface area contributed by atoms with E-state index in [1.165, 1.54) is 77.5 Å². The van der Waals surface area contributed by atoms with Gasteiger partial charge in [-0.2, -0.15) is 0 Å². The monoisotopic (exact) mass is 238 g/mol. The summed E-state index contributed by atoms with van der Waals surface area (Å²) in [5.74, 6) is 0.993. The first-order valence-electron chi connectivity index (χ1n) is 7.84. The van der Waals surface area contributed by atoms with Gasteiger partial charge in [-0.25, -0.2) is 0 Å². The van der Waals surface area contributed by atoms with E-state index in [0.717, 1.165) is 12.0 Å². The number of rotatable bonds is 5. The van der Waals surface area contributed by atoms with Crippen LogP contribution in [0, 0.1) is 5.92 Å². The highest BCUT2D eigenvalue weighted by Gasteiger charge is 2.20. The van der Waals surface area contributed by atoms with Gasteiger partial charge < -0.3 is 10.2 Å². The molecule has 0 amide bonds. The SMILES string of the molecule is CCN(CC1CCCCC1)CC1CCCCN1. The molecule has 2 aliphatic rings. The molecule has 17 heavy (non-hydrogen) atoms. The molecule has 1 atom stereocenters. The smallest absolute Gasteiger partial charge is 0.0195 e. The van der Waals surface area contributed by atoms with Crippen LogP contribution in [0.4, 0.5) is 0 Å². The summed E-state index contributed by atoms with van der Waals surface area (Å²) in [5, 5.41) is 3.68. The Balaban J connectivity index is 1.71. The quantitative estimate of drug-likeness (QED) is 0.792. The molecule has 1 N–H and O–H groups in total. The number of hydrogen-bond acceptors (Lipinski definition) is 2. The Morgan fingerprint density at radius 3 is 2.35 bits per heavy atom. The maximum absolute atomic E-state index is 3.68. The normalized spacial score (nSPS) is 27.5. The van der Waals surface area contributed by atoms with Crippen LogP contribution < -0.4 is 5.32 Å². The first-order chi connectivity index (χ1) is 8.38. The first kappa shape index (κ1) is 13.4. The van der Waals surface area contributed by atoms with Gasteiger partial charge in [-0.3, -0.25) is 0 Å². The van der Waals surface area contributed by atoms with Gasteiger partial charge >= 0.3 is 0 Å². The summed E-state index contributed by atoms with van der Waals surface area (Å²) in [7, 11) is 0. The van der Waals surface area contributed by atoms with Crippen molar-refractivity contribution in [3.8, 4) is 0 Å². The van der Waals surface area contributed by atoms with Crippen LogP contribution in [-0.2, 0) is 0 Å². The lowest BCUT2D eigenvalue weighted by Gasteiger charge is -2.33. The van der Waals surface area contributed by atoms with E-state index in [1.807, 2.05) is 0 Å². The molecule has 0 bridgehead atoms. The second-order valence-electron chi connectivity index (χ2n) is 6.00. The van der Waals surface area contributed by atoms with Crippen LogP contribution in [-0.4, -0.2) is 37.1 Å². The van der Waals surface area contributed by atoms with Crippen LogP contribution in [0.1, 0.15) is 58.3 Å². The Labute approximate surface area is 107 Å². The van der Waals surface area contributed by atoms with Crippen molar-refractivity contribution in [2.75, 3.05) is 26.2 Å². The molecular formula is C15H30N2. The number of piperidine rings is 1. The van der Waals surface area contributed by atoms with E-state index < -0.39 is 0 Å². The van der Waals surface area contributed by atoms with Crippen molar-refractivity contribution >= 4 is 0 Å². The molecule has 1 saturated heterocycles. The molecule has 1 heterocycles. The number of nitrogens with zero attached hydrogens (tertiary/aromatic N) is 1. The summed E-state index contributed by atoms with van der Waals surface area (Å²) < 4.78 is 0. The molecule has 0 radical (unpaired) electrons. The molecule has 0 aromatic rings. The van der Waals surface area contributed by atoms with Gasteiger partial charge in [-0.05, 0) is 44.7 Å². The van der Waals surface area contributed by atoms with E-state index in [9.17, 15) is 0 Å². The van der Waals surface area contributed by atoms with E-state index >= 15 is 0 Å². The van der Waals surface area contributed by atoms with Crippen LogP contribution in [0.3, 0.4) is 0 Å². The van der Waals surface area contributed by atoms with Crippen molar-refractivity contribution in [3.05, 3.63) is 0 Å². The second-order valence-corrected chi connectivity index (χ2v) is 6.00. The van der Waals surface area contributed by atoms with Crippen molar-refractivity contribution in [3.63, 3.8) is 0 Å². The lowest BCUT2D eigenvalue weighted by Crippen LogP contribution is -2.45. The minimum atomic E-state index is 0.771. The van der Waals surface area contributed by atoms with E-state index in [2.05, 4.69) is 17.1 Å². The lowest BCUT2D eigenvalue weighted by molar-refractivity contribution is 0.182. The summed E-state index contributed by atoms with van der Waals surface area (Å²) in [6.07, 6.45) is 11.6. The summed E-state index contributed by atoms with van der Waals surface area (Å²) in [6, 6.07) is 0.771. The van der Waals surface area contributed by atoms with Crippen molar-refractivity contribution in [2.45, 2.75) is 64.3 Å². The summed E-state index contributed by atoms with van der Waals surface area (Å²) in [6.45, 7) is 7.44. The highest BCUT2D eigenvalue weighted by atomic mass is 15.1. The van der Waals surface area contributed by atoms with Gasteiger partial charge in [0.2, 0.25) is 0 Å². The maximum Gasteiger partial charge on any atom is 0.0195 e. The Hall–Kier alpha value is -0.0800. The van der Waals surface area contributed by atoms with Gasteiger partial charge in [-0.15, -0.1) is 0 Å². The van der Waals surface area contributed by atoms with E-state index in [4.69, 9.17) is 0 Å². The predicted molar refractivity (Wildman–Crippen MR) is 74.3 cm³/mol. The third-order valence-electron chi connectivity index (χ3n) is 4.58. The topological polar surface area (TPSA) is 15.3 Å². The Morgan fingerprint density at radius 1 is 0.941 bits per heavy atom. The van der Waals surface area contributed by atoms with Crippen molar-refractivity contribution in [1.82, 2.24) is 10.2 Å². The Morgan fingerprint density at radius 2 is 1.71 bits per heavy atom. The minimum Gasteiger partial charge on any atom is -0.313 e. The van der Waals surface area contributed by atoms with Crippen molar-refractivity contribution in [2.24, 2.45) is 5.92 Å². The average molecular weight is 238 g/mol. The molecule has 2 rings (SSSR count). The fraction of sp³-hybridized carbons (Fsp3) is 1.00. The predicted octanol–water partition coefficient (Wildman–Crippen LogP) is 3.03. The van der Waals surface area contributed by atoms with Gasteiger partial charge in [0.25, 0.3) is 0 Å². The van der Waals surface area contributed by atoms with E-state index in [-0.39, 0.29) is 0 Å². The van der Waals surface area contributed by atoms with Gasteiger partial charge in [0.15, 0.2) is 0 Å². The highest BCUT2D eigenvalue weighted by Crippen LogP contribution is 2.24. The molecule has 2 fully saturated rings. The molecule has 100 valence electrons. The van der Waals surface area contributed by atoms with Crippen molar-refractivity contribution < 1.29 is 0 Å². The van der Waals surface area contributed by atoms with Gasteiger partial charge in [0.05, 0.1) is 0 Å². The standard InChI is InChI=1S/C15H30N2/c1-2-17(12-14-8-4-3-5-9-14)13-15-10-6-7-11-16-15/h14-16H,2-13H2,1H3. The lowest BCUT2D eigenvalue weighted by atomic mass is 9.89. The summed E-state index contributed by atoms with van der Waals surface area (Å²) in [4.78, 5) is 2.69. The molecule has 1 saturated carbocycles. The Bertz CT molecular complexity index is 173. The number of nitrogens with one attached hydrogen (secondary N) is 1. The second kappa shape index (κ2) is 7.38. The minimum absolute atomic E-state index is 0.771. The van der Waals surface area contributed by atoms with E-state index in [1.54, 1.807) is 0 Å². The molecule has 0 aromatic heterocycles. The third kappa shape index (κ3) is 4.59. The zero-order chi connectivity index (χ0) is 11.9. The van der Waals surface area contributed by atoms with Crippen LogP contribution >= 0.6 is 0 Å². The highest BCUT2D eigenvalue weighted by molar-refractivity contribution is 4.78. The molecule has 0 aromatic carbocycles. The summed E-state index contributed by atoms with van der Waals surface area (Å²) >= 11 is 0. The number of likely N-dealkylation sites (N-methyl/N-ethyl adjacent to an activating group) is 1. The van der Waals surface area contributed by atoms with Crippen molar-refractivity contribution in [1.29, 1.82) is 0 Å². The number of hydrogen-bond donors (Lipinski definition) is 1. The molecule has 2 heteroatoms. The fourth-order valence-corrected chi connectivity index (χ4v) is 3.46. The summed E-state index contributed by atoms with van der Waals surface area (Å²) in [5.41, 5.74) is 0. The van der Waals surface area contributed by atoms with Crippen LogP contribution in [0.5, 0.6) is 0 Å². The largest absolute Gasteiger partial charge is 0.313 e.